The van der Waals surface area contributed by atoms with Crippen molar-refractivity contribution in [1.82, 2.24) is 5.32 Å². The molecule has 0 saturated carbocycles. The summed E-state index contributed by atoms with van der Waals surface area (Å²) in [7, 11) is 0. The molecule has 1 unspecified atom stereocenters. The molecule has 2 nitrogen and oxygen atoms in total. The predicted molar refractivity (Wildman–Crippen MR) is 88.5 cm³/mol. The number of quaternary nitrogens is 1. The number of hydrogen-bond acceptors (Lipinski definition) is 1. The maximum Gasteiger partial charge on any atom is 0.140 e. The summed E-state index contributed by atoms with van der Waals surface area (Å²) in [5.41, 5.74) is 1.44. The maximum atomic E-state index is 3.75. The van der Waals surface area contributed by atoms with Crippen molar-refractivity contribution >= 4 is 0 Å². The van der Waals surface area contributed by atoms with Gasteiger partial charge in [0.25, 0.3) is 0 Å². The molecule has 0 radical (unpaired) electrons. The molecule has 1 aromatic carbocycles. The SMILES string of the molecule is CCCCCNC(C)[N+](CC)(CC)Cc1ccccc1. The van der Waals surface area contributed by atoms with E-state index in [4.69, 9.17) is 0 Å². The number of hydrogen-bond donors (Lipinski definition) is 1. The summed E-state index contributed by atoms with van der Waals surface area (Å²) in [6.45, 7) is 13.9. The molecule has 0 saturated heterocycles. The highest BCUT2D eigenvalue weighted by molar-refractivity contribution is 5.13. The first kappa shape index (κ1) is 17.2. The lowest BCUT2D eigenvalue weighted by Gasteiger charge is -2.42. The Balaban J connectivity index is 2.64. The average Bonchev–Trinajstić information content (AvgIpc) is 2.50. The van der Waals surface area contributed by atoms with Crippen molar-refractivity contribution in [3.05, 3.63) is 35.9 Å². The van der Waals surface area contributed by atoms with Crippen LogP contribution >= 0.6 is 0 Å². The Hall–Kier alpha value is -0.860. The van der Waals surface area contributed by atoms with E-state index in [2.05, 4.69) is 63.3 Å². The smallest absolute Gasteiger partial charge is 0.140 e. The van der Waals surface area contributed by atoms with E-state index in [0.717, 1.165) is 17.6 Å². The topological polar surface area (TPSA) is 12.0 Å². The molecule has 0 spiro atoms. The van der Waals surface area contributed by atoms with E-state index in [1.165, 1.54) is 37.9 Å². The first-order valence-corrected chi connectivity index (χ1v) is 8.31. The van der Waals surface area contributed by atoms with Crippen LogP contribution in [0.5, 0.6) is 0 Å². The molecular weight excluding hydrogens is 244 g/mol. The van der Waals surface area contributed by atoms with Gasteiger partial charge in [-0.25, -0.2) is 0 Å². The van der Waals surface area contributed by atoms with E-state index in [-0.39, 0.29) is 0 Å². The third kappa shape index (κ3) is 4.92. The minimum atomic E-state index is 0.516. The highest BCUT2D eigenvalue weighted by atomic mass is 15.4. The van der Waals surface area contributed by atoms with Crippen LogP contribution in [0.2, 0.25) is 0 Å². The Morgan fingerprint density at radius 1 is 1.00 bits per heavy atom. The molecule has 114 valence electrons. The zero-order chi connectivity index (χ0) is 14.8. The molecule has 1 N–H and O–H groups in total. The van der Waals surface area contributed by atoms with E-state index in [9.17, 15) is 0 Å². The molecule has 2 heteroatoms. The molecule has 0 fully saturated rings. The second-order valence-corrected chi connectivity index (χ2v) is 5.83. The largest absolute Gasteiger partial charge is 0.306 e. The number of benzene rings is 1. The summed E-state index contributed by atoms with van der Waals surface area (Å²) in [5.74, 6) is 0. The van der Waals surface area contributed by atoms with Gasteiger partial charge in [-0.3, -0.25) is 5.32 Å². The van der Waals surface area contributed by atoms with E-state index < -0.39 is 0 Å². The third-order valence-electron chi connectivity index (χ3n) is 4.64. The molecule has 1 aromatic rings. The molecule has 0 aliphatic rings. The summed E-state index contributed by atoms with van der Waals surface area (Å²) in [6, 6.07) is 10.9. The fraction of sp³-hybridized carbons (Fsp3) is 0.667. The van der Waals surface area contributed by atoms with Crippen LogP contribution in [-0.4, -0.2) is 30.3 Å². The van der Waals surface area contributed by atoms with Crippen molar-refractivity contribution < 1.29 is 4.48 Å². The molecule has 1 rings (SSSR count). The number of nitrogens with one attached hydrogen (secondary N) is 1. The van der Waals surface area contributed by atoms with Gasteiger partial charge in [-0.2, -0.15) is 0 Å². The van der Waals surface area contributed by atoms with E-state index in [0.29, 0.717) is 6.17 Å². The summed E-state index contributed by atoms with van der Waals surface area (Å²) in [5, 5.41) is 3.75. The molecular formula is C18H33N2+. The highest BCUT2D eigenvalue weighted by Gasteiger charge is 2.30. The van der Waals surface area contributed by atoms with Gasteiger partial charge in [-0.15, -0.1) is 0 Å². The Morgan fingerprint density at radius 2 is 1.65 bits per heavy atom. The zero-order valence-corrected chi connectivity index (χ0v) is 13.9. The van der Waals surface area contributed by atoms with E-state index in [1.54, 1.807) is 0 Å². The standard InChI is InChI=1S/C18H33N2/c1-5-8-12-15-19-17(4)20(6-2,7-3)16-18-13-10-9-11-14-18/h9-11,13-14,17,19H,5-8,12,15-16H2,1-4H3/q+1. The predicted octanol–water partition coefficient (Wildman–Crippen LogP) is 4.17. The molecule has 1 atom stereocenters. The molecule has 0 bridgehead atoms. The number of nitrogens with zero attached hydrogens (tertiary/aromatic N) is 1. The fourth-order valence-electron chi connectivity index (χ4n) is 2.96. The quantitative estimate of drug-likeness (QED) is 0.384. The monoisotopic (exact) mass is 277 g/mol. The lowest BCUT2D eigenvalue weighted by molar-refractivity contribution is -0.961. The van der Waals surface area contributed by atoms with Crippen LogP contribution in [-0.2, 0) is 6.54 Å². The number of rotatable bonds is 10. The average molecular weight is 277 g/mol. The first-order valence-electron chi connectivity index (χ1n) is 8.31. The molecule has 0 heterocycles. The van der Waals surface area contributed by atoms with Crippen LogP contribution in [0.25, 0.3) is 0 Å². The van der Waals surface area contributed by atoms with Crippen LogP contribution in [0, 0.1) is 0 Å². The molecule has 0 aliphatic heterocycles. The normalized spacial score (nSPS) is 13.4. The lowest BCUT2D eigenvalue weighted by atomic mass is 10.1. The summed E-state index contributed by atoms with van der Waals surface area (Å²) in [6.07, 6.45) is 4.43. The van der Waals surface area contributed by atoms with Crippen molar-refractivity contribution in [3.63, 3.8) is 0 Å². The molecule has 20 heavy (non-hydrogen) atoms. The Labute approximate surface area is 125 Å². The van der Waals surface area contributed by atoms with Crippen LogP contribution in [0.4, 0.5) is 0 Å². The van der Waals surface area contributed by atoms with Gasteiger partial charge in [0, 0.05) is 19.0 Å². The van der Waals surface area contributed by atoms with Gasteiger partial charge in [0.2, 0.25) is 0 Å². The van der Waals surface area contributed by atoms with Crippen molar-refractivity contribution in [2.24, 2.45) is 0 Å². The van der Waals surface area contributed by atoms with Crippen LogP contribution in [0.1, 0.15) is 52.5 Å². The minimum absolute atomic E-state index is 0.516. The second-order valence-electron chi connectivity index (χ2n) is 5.83. The van der Waals surface area contributed by atoms with Gasteiger partial charge < -0.3 is 4.48 Å². The summed E-state index contributed by atoms with van der Waals surface area (Å²) < 4.78 is 1.12. The van der Waals surface area contributed by atoms with Crippen LogP contribution in [0.15, 0.2) is 30.3 Å². The minimum Gasteiger partial charge on any atom is -0.306 e. The van der Waals surface area contributed by atoms with Crippen molar-refractivity contribution in [1.29, 1.82) is 0 Å². The van der Waals surface area contributed by atoms with E-state index in [1.807, 2.05) is 0 Å². The maximum absolute atomic E-state index is 3.75. The molecule has 0 aromatic heterocycles. The Kier molecular flexibility index (Phi) is 7.86. The van der Waals surface area contributed by atoms with Gasteiger partial charge in [0.15, 0.2) is 0 Å². The van der Waals surface area contributed by atoms with Crippen LogP contribution in [0.3, 0.4) is 0 Å². The lowest BCUT2D eigenvalue weighted by Crippen LogP contribution is -2.59. The van der Waals surface area contributed by atoms with Crippen LogP contribution < -0.4 is 5.32 Å². The zero-order valence-electron chi connectivity index (χ0n) is 13.9. The second kappa shape index (κ2) is 9.15. The van der Waals surface area contributed by atoms with Crippen molar-refractivity contribution in [3.8, 4) is 0 Å². The fourth-order valence-corrected chi connectivity index (χ4v) is 2.96. The Bertz CT molecular complexity index is 344. The molecule has 0 aliphatic carbocycles. The first-order chi connectivity index (χ1) is 9.68. The van der Waals surface area contributed by atoms with Gasteiger partial charge in [0.1, 0.15) is 12.7 Å². The third-order valence-corrected chi connectivity index (χ3v) is 4.64. The summed E-state index contributed by atoms with van der Waals surface area (Å²) >= 11 is 0. The van der Waals surface area contributed by atoms with Gasteiger partial charge in [0.05, 0.1) is 13.1 Å². The highest BCUT2D eigenvalue weighted by Crippen LogP contribution is 2.18. The Morgan fingerprint density at radius 3 is 2.20 bits per heavy atom. The van der Waals surface area contributed by atoms with Gasteiger partial charge in [-0.05, 0) is 20.3 Å². The summed E-state index contributed by atoms with van der Waals surface area (Å²) in [4.78, 5) is 0. The van der Waals surface area contributed by atoms with E-state index >= 15 is 0 Å². The number of unbranched alkanes of at least 4 members (excludes halogenated alkanes) is 2. The van der Waals surface area contributed by atoms with Crippen molar-refractivity contribution in [2.45, 2.75) is 59.7 Å². The van der Waals surface area contributed by atoms with Crippen molar-refractivity contribution in [2.75, 3.05) is 19.6 Å². The molecule has 0 amide bonds. The van der Waals surface area contributed by atoms with Gasteiger partial charge in [-0.1, -0.05) is 50.1 Å². The van der Waals surface area contributed by atoms with Gasteiger partial charge >= 0.3 is 0 Å².